The number of hydrogen-bond donors (Lipinski definition) is 1. The molecule has 0 radical (unpaired) electrons. The Hall–Kier alpha value is -1.91. The maximum Gasteiger partial charge on any atom is 0.123 e. The SMILES string of the molecule is COCc1ccc(CNCc2cc(F)ccc2OC)cc1. The van der Waals surface area contributed by atoms with Gasteiger partial charge in [-0.05, 0) is 29.3 Å². The standard InChI is InChI=1S/C17H20FNO2/c1-20-12-14-5-3-13(4-6-14)10-19-11-15-9-16(18)7-8-17(15)21-2/h3-9,19H,10-12H2,1-2H3. The van der Waals surface area contributed by atoms with Gasteiger partial charge >= 0.3 is 0 Å². The summed E-state index contributed by atoms with van der Waals surface area (Å²) in [5, 5.41) is 3.29. The first-order chi connectivity index (χ1) is 10.2. The molecule has 4 heteroatoms. The highest BCUT2D eigenvalue weighted by atomic mass is 19.1. The van der Waals surface area contributed by atoms with Crippen LogP contribution >= 0.6 is 0 Å². The minimum atomic E-state index is -0.253. The lowest BCUT2D eigenvalue weighted by Gasteiger charge is -2.10. The van der Waals surface area contributed by atoms with E-state index in [0.717, 1.165) is 11.1 Å². The van der Waals surface area contributed by atoms with E-state index in [1.54, 1.807) is 20.3 Å². The molecule has 2 aromatic rings. The fourth-order valence-corrected chi connectivity index (χ4v) is 2.15. The number of benzene rings is 2. The second-order valence-electron chi connectivity index (χ2n) is 4.81. The van der Waals surface area contributed by atoms with Crippen LogP contribution in [-0.4, -0.2) is 14.2 Å². The lowest BCUT2D eigenvalue weighted by atomic mass is 10.1. The van der Waals surface area contributed by atoms with Gasteiger partial charge in [-0.3, -0.25) is 0 Å². The third-order valence-electron chi connectivity index (χ3n) is 3.22. The van der Waals surface area contributed by atoms with Gasteiger partial charge in [0, 0.05) is 25.8 Å². The van der Waals surface area contributed by atoms with Crippen LogP contribution < -0.4 is 10.1 Å². The van der Waals surface area contributed by atoms with Gasteiger partial charge in [0.1, 0.15) is 11.6 Å². The minimum Gasteiger partial charge on any atom is -0.496 e. The van der Waals surface area contributed by atoms with Gasteiger partial charge in [0.2, 0.25) is 0 Å². The number of nitrogens with one attached hydrogen (secondary N) is 1. The Bertz CT molecular complexity index is 570. The molecule has 1 N–H and O–H groups in total. The predicted molar refractivity (Wildman–Crippen MR) is 80.7 cm³/mol. The van der Waals surface area contributed by atoms with Crippen LogP contribution in [0.5, 0.6) is 5.75 Å². The third-order valence-corrected chi connectivity index (χ3v) is 3.22. The van der Waals surface area contributed by atoms with Crippen molar-refractivity contribution in [3.8, 4) is 5.75 Å². The molecule has 0 aromatic heterocycles. The van der Waals surface area contributed by atoms with E-state index in [4.69, 9.17) is 9.47 Å². The van der Waals surface area contributed by atoms with E-state index >= 15 is 0 Å². The number of rotatable bonds is 7. The van der Waals surface area contributed by atoms with Crippen LogP contribution in [0.25, 0.3) is 0 Å². The van der Waals surface area contributed by atoms with Gasteiger partial charge in [0.15, 0.2) is 0 Å². The molecule has 21 heavy (non-hydrogen) atoms. The van der Waals surface area contributed by atoms with Crippen LogP contribution in [0.3, 0.4) is 0 Å². The van der Waals surface area contributed by atoms with E-state index in [-0.39, 0.29) is 5.82 Å². The first-order valence-corrected chi connectivity index (χ1v) is 6.83. The monoisotopic (exact) mass is 289 g/mol. The minimum absolute atomic E-state index is 0.253. The van der Waals surface area contributed by atoms with Crippen molar-refractivity contribution in [2.45, 2.75) is 19.7 Å². The predicted octanol–water partition coefficient (Wildman–Crippen LogP) is 3.27. The van der Waals surface area contributed by atoms with E-state index in [1.807, 2.05) is 12.1 Å². The van der Waals surface area contributed by atoms with Crippen LogP contribution in [-0.2, 0) is 24.4 Å². The maximum atomic E-state index is 13.3. The Kier molecular flexibility index (Phi) is 5.72. The summed E-state index contributed by atoms with van der Waals surface area (Å²) in [6.07, 6.45) is 0. The van der Waals surface area contributed by atoms with Crippen molar-refractivity contribution in [2.24, 2.45) is 0 Å². The second-order valence-corrected chi connectivity index (χ2v) is 4.81. The molecule has 0 aliphatic heterocycles. The average molecular weight is 289 g/mol. The van der Waals surface area contributed by atoms with E-state index in [9.17, 15) is 4.39 Å². The summed E-state index contributed by atoms with van der Waals surface area (Å²) in [7, 11) is 3.27. The largest absolute Gasteiger partial charge is 0.496 e. The van der Waals surface area contributed by atoms with Crippen LogP contribution in [0.4, 0.5) is 4.39 Å². The Morgan fingerprint density at radius 2 is 1.67 bits per heavy atom. The summed E-state index contributed by atoms with van der Waals surface area (Å²) in [4.78, 5) is 0. The lowest BCUT2D eigenvalue weighted by Crippen LogP contribution is -2.13. The van der Waals surface area contributed by atoms with Crippen molar-refractivity contribution in [1.82, 2.24) is 5.32 Å². The summed E-state index contributed by atoms with van der Waals surface area (Å²) in [6.45, 7) is 1.89. The fourth-order valence-electron chi connectivity index (χ4n) is 2.15. The summed E-state index contributed by atoms with van der Waals surface area (Å²) in [6, 6.07) is 12.7. The molecule has 2 aromatic carbocycles. The number of halogens is 1. The number of hydrogen-bond acceptors (Lipinski definition) is 3. The zero-order chi connectivity index (χ0) is 15.1. The smallest absolute Gasteiger partial charge is 0.123 e. The molecule has 0 unspecified atom stereocenters. The first-order valence-electron chi connectivity index (χ1n) is 6.83. The lowest BCUT2D eigenvalue weighted by molar-refractivity contribution is 0.185. The van der Waals surface area contributed by atoms with Crippen molar-refractivity contribution < 1.29 is 13.9 Å². The summed E-state index contributed by atoms with van der Waals surface area (Å²) >= 11 is 0. The Morgan fingerprint density at radius 1 is 0.952 bits per heavy atom. The molecule has 0 saturated heterocycles. The quantitative estimate of drug-likeness (QED) is 0.848. The van der Waals surface area contributed by atoms with Gasteiger partial charge in [-0.1, -0.05) is 24.3 Å². The topological polar surface area (TPSA) is 30.5 Å². The molecule has 0 saturated carbocycles. The zero-order valence-electron chi connectivity index (χ0n) is 12.4. The Morgan fingerprint density at radius 3 is 2.33 bits per heavy atom. The number of ether oxygens (including phenoxy) is 2. The van der Waals surface area contributed by atoms with Crippen LogP contribution in [0.2, 0.25) is 0 Å². The molecule has 0 spiro atoms. The van der Waals surface area contributed by atoms with E-state index in [0.29, 0.717) is 25.4 Å². The summed E-state index contributed by atoms with van der Waals surface area (Å²) < 4.78 is 23.6. The van der Waals surface area contributed by atoms with Crippen LogP contribution in [0.1, 0.15) is 16.7 Å². The molecule has 3 nitrogen and oxygen atoms in total. The molecule has 2 rings (SSSR count). The van der Waals surface area contributed by atoms with Gasteiger partial charge in [0.05, 0.1) is 13.7 Å². The van der Waals surface area contributed by atoms with Crippen molar-refractivity contribution in [3.05, 3.63) is 65.0 Å². The Balaban J connectivity index is 1.90. The van der Waals surface area contributed by atoms with E-state index < -0.39 is 0 Å². The molecule has 0 heterocycles. The molecule has 0 atom stereocenters. The van der Waals surface area contributed by atoms with Crippen molar-refractivity contribution in [2.75, 3.05) is 14.2 Å². The van der Waals surface area contributed by atoms with Gasteiger partial charge in [-0.15, -0.1) is 0 Å². The molecular formula is C17H20FNO2. The van der Waals surface area contributed by atoms with Gasteiger partial charge in [-0.2, -0.15) is 0 Å². The average Bonchev–Trinajstić information content (AvgIpc) is 2.50. The first kappa shape index (κ1) is 15.5. The zero-order valence-corrected chi connectivity index (χ0v) is 12.4. The third kappa shape index (κ3) is 4.55. The van der Waals surface area contributed by atoms with Crippen LogP contribution in [0.15, 0.2) is 42.5 Å². The molecule has 0 fully saturated rings. The van der Waals surface area contributed by atoms with Gasteiger partial charge in [0.25, 0.3) is 0 Å². The molecule has 0 aliphatic rings. The number of methoxy groups -OCH3 is 2. The van der Waals surface area contributed by atoms with Crippen molar-refractivity contribution >= 4 is 0 Å². The fraction of sp³-hybridized carbons (Fsp3) is 0.294. The molecule has 0 aliphatic carbocycles. The molecule has 0 amide bonds. The van der Waals surface area contributed by atoms with Crippen LogP contribution in [0, 0.1) is 5.82 Å². The highest BCUT2D eigenvalue weighted by Crippen LogP contribution is 2.19. The molecule has 112 valence electrons. The highest BCUT2D eigenvalue weighted by molar-refractivity contribution is 5.34. The molecule has 0 bridgehead atoms. The van der Waals surface area contributed by atoms with E-state index in [2.05, 4.69) is 17.4 Å². The van der Waals surface area contributed by atoms with Crippen molar-refractivity contribution in [1.29, 1.82) is 0 Å². The summed E-state index contributed by atoms with van der Waals surface area (Å²) in [5.41, 5.74) is 3.13. The molecular weight excluding hydrogens is 269 g/mol. The normalized spacial score (nSPS) is 10.6. The van der Waals surface area contributed by atoms with E-state index in [1.165, 1.54) is 17.7 Å². The summed E-state index contributed by atoms with van der Waals surface area (Å²) in [5.74, 6) is 0.441. The second kappa shape index (κ2) is 7.76. The highest BCUT2D eigenvalue weighted by Gasteiger charge is 2.04. The Labute approximate surface area is 124 Å². The van der Waals surface area contributed by atoms with Gasteiger partial charge < -0.3 is 14.8 Å². The maximum absolute atomic E-state index is 13.3. The van der Waals surface area contributed by atoms with Crippen molar-refractivity contribution in [3.63, 3.8) is 0 Å². The van der Waals surface area contributed by atoms with Gasteiger partial charge in [-0.25, -0.2) is 4.39 Å².